The Hall–Kier alpha value is -3.89. The van der Waals surface area contributed by atoms with E-state index in [-0.39, 0.29) is 52.7 Å². The number of allylic oxidation sites excluding steroid dienone is 3. The fraction of sp³-hybridized carbons (Fsp3) is 0.292. The predicted molar refractivity (Wildman–Crippen MR) is 129 cm³/mol. The van der Waals surface area contributed by atoms with Gasteiger partial charge >= 0.3 is 6.18 Å². The Bertz CT molecular complexity index is 1250. The lowest BCUT2D eigenvalue weighted by molar-refractivity contribution is -0.0932. The van der Waals surface area contributed by atoms with Gasteiger partial charge in [-0.2, -0.15) is 13.2 Å². The number of aliphatic imine (C=N–C) groups is 2. The third kappa shape index (κ3) is 5.44. The monoisotopic (exact) mass is 490 g/mol. The molecule has 1 aliphatic heterocycles. The van der Waals surface area contributed by atoms with Gasteiger partial charge in [0.1, 0.15) is 17.6 Å². The van der Waals surface area contributed by atoms with E-state index in [2.05, 4.69) is 15.0 Å². The molecule has 2 bridgehead atoms. The second-order valence-electron chi connectivity index (χ2n) is 7.81. The molecule has 0 amide bonds. The zero-order valence-corrected chi connectivity index (χ0v) is 19.4. The summed E-state index contributed by atoms with van der Waals surface area (Å²) in [6.07, 6.45) is -3.29. The molecule has 35 heavy (non-hydrogen) atoms. The highest BCUT2D eigenvalue weighted by Crippen LogP contribution is 2.36. The first-order valence-corrected chi connectivity index (χ1v) is 10.7. The summed E-state index contributed by atoms with van der Waals surface area (Å²) in [5, 5.41) is 0. The van der Waals surface area contributed by atoms with Crippen LogP contribution >= 0.6 is 0 Å². The van der Waals surface area contributed by atoms with Crippen LogP contribution in [0.25, 0.3) is 5.70 Å². The maximum absolute atomic E-state index is 14.2. The van der Waals surface area contributed by atoms with Crippen molar-refractivity contribution < 1.29 is 22.3 Å². The highest BCUT2D eigenvalue weighted by molar-refractivity contribution is 6.14. The topological polar surface area (TPSA) is 125 Å². The second-order valence-corrected chi connectivity index (χ2v) is 7.81. The Morgan fingerprint density at radius 2 is 1.97 bits per heavy atom. The zero-order chi connectivity index (χ0) is 25.9. The van der Waals surface area contributed by atoms with Gasteiger partial charge in [-0.15, -0.1) is 0 Å². The van der Waals surface area contributed by atoms with Gasteiger partial charge in [0.25, 0.3) is 0 Å². The van der Waals surface area contributed by atoms with Gasteiger partial charge in [0.2, 0.25) is 0 Å². The second kappa shape index (κ2) is 10.2. The summed E-state index contributed by atoms with van der Waals surface area (Å²) in [7, 11) is 1.46. The maximum atomic E-state index is 14.2. The fourth-order valence-corrected chi connectivity index (χ4v) is 3.77. The number of hydrogen-bond acceptors (Lipinski definition) is 7. The number of alkyl halides is 3. The number of pyridine rings is 1. The van der Waals surface area contributed by atoms with Crippen LogP contribution in [0.2, 0.25) is 0 Å². The number of rotatable bonds is 2. The van der Waals surface area contributed by atoms with E-state index in [0.29, 0.717) is 11.1 Å². The Balaban J connectivity index is 2.46. The molecule has 186 valence electrons. The van der Waals surface area contributed by atoms with E-state index in [0.717, 1.165) is 0 Å². The fourth-order valence-electron chi connectivity index (χ4n) is 3.77. The van der Waals surface area contributed by atoms with Crippen molar-refractivity contribution in [3.05, 3.63) is 69.8 Å². The quantitative estimate of drug-likeness (QED) is 0.428. The molecule has 2 heterocycles. The van der Waals surface area contributed by atoms with Crippen LogP contribution in [0.3, 0.4) is 0 Å². The largest absolute Gasteiger partial charge is 0.482 e. The van der Waals surface area contributed by atoms with E-state index in [4.69, 9.17) is 21.9 Å². The summed E-state index contributed by atoms with van der Waals surface area (Å²) in [5.74, 6) is -0.440. The average molecular weight is 491 g/mol. The van der Waals surface area contributed by atoms with Gasteiger partial charge in [-0.25, -0.2) is 9.37 Å². The number of ether oxygens (including phenoxy) is 1. The van der Waals surface area contributed by atoms with Gasteiger partial charge in [0.05, 0.1) is 5.71 Å². The first-order chi connectivity index (χ1) is 16.5. The molecule has 0 unspecified atom stereocenters. The number of fused-ring (bicyclic) bond motifs is 3. The van der Waals surface area contributed by atoms with Gasteiger partial charge in [0.15, 0.2) is 11.6 Å². The average Bonchev–Trinajstić information content (AvgIpc) is 2.80. The Kier molecular flexibility index (Phi) is 7.47. The SMILES string of the molecule is CCN=C1C(=C(N)C(F)(F)F)CC(C=NC)=C(N)c2ccc(F)cc2[C@@H](C)Oc2cc1cnc2N. The molecule has 0 saturated heterocycles. The lowest BCUT2D eigenvalue weighted by Crippen LogP contribution is -2.26. The third-order valence-electron chi connectivity index (χ3n) is 5.43. The maximum Gasteiger partial charge on any atom is 0.431 e. The molecule has 7 nitrogen and oxygen atoms in total. The molecule has 1 atom stereocenters. The van der Waals surface area contributed by atoms with E-state index < -0.39 is 23.8 Å². The predicted octanol–water partition coefficient (Wildman–Crippen LogP) is 4.30. The number of nitrogens with two attached hydrogens (primary N) is 3. The summed E-state index contributed by atoms with van der Waals surface area (Å²) >= 11 is 0. The first-order valence-electron chi connectivity index (χ1n) is 10.7. The number of nitrogens with zero attached hydrogens (tertiary/aromatic N) is 3. The molecule has 1 aromatic heterocycles. The van der Waals surface area contributed by atoms with Crippen LogP contribution in [-0.4, -0.2) is 36.7 Å². The van der Waals surface area contributed by atoms with Crippen molar-refractivity contribution in [3.8, 4) is 5.75 Å². The van der Waals surface area contributed by atoms with E-state index in [1.165, 1.54) is 43.7 Å². The molecule has 2 aromatic rings. The van der Waals surface area contributed by atoms with Crippen LogP contribution in [0.1, 0.15) is 43.1 Å². The van der Waals surface area contributed by atoms with Gasteiger partial charge in [-0.3, -0.25) is 9.98 Å². The van der Waals surface area contributed by atoms with Crippen LogP contribution in [-0.2, 0) is 0 Å². The molecule has 1 aromatic carbocycles. The molecule has 0 radical (unpaired) electrons. The summed E-state index contributed by atoms with van der Waals surface area (Å²) < 4.78 is 61.8. The van der Waals surface area contributed by atoms with Crippen molar-refractivity contribution in [1.82, 2.24) is 4.98 Å². The minimum atomic E-state index is -4.85. The Morgan fingerprint density at radius 3 is 2.60 bits per heavy atom. The minimum Gasteiger partial charge on any atom is -0.482 e. The Labute approximate surface area is 200 Å². The standard InChI is InChI=1S/C24H26F4N6O/c1-4-33-21-14-8-19(23(31)34-11-14)35-12(2)17-9-15(25)5-6-16(17)20(29)13(10-32-3)7-18(21)22(30)24(26,27)28/h5-6,8-12H,4,7,29-30H2,1-3H3,(H2,31,34)/t12-/m1/s1. The summed E-state index contributed by atoms with van der Waals surface area (Å²) in [6, 6.07) is 5.33. The number of aromatic nitrogens is 1. The lowest BCUT2D eigenvalue weighted by atomic mass is 9.90. The molecular formula is C24H26F4N6O. The highest BCUT2D eigenvalue weighted by Gasteiger charge is 2.36. The number of nitrogen functional groups attached to an aromatic ring is 1. The normalized spacial score (nSPS) is 19.7. The first kappa shape index (κ1) is 25.7. The molecule has 6 N–H and O–H groups in total. The van der Waals surface area contributed by atoms with Crippen molar-refractivity contribution in [2.75, 3.05) is 19.3 Å². The smallest absolute Gasteiger partial charge is 0.431 e. The van der Waals surface area contributed by atoms with Crippen LogP contribution in [0.4, 0.5) is 23.4 Å². The van der Waals surface area contributed by atoms with Crippen molar-refractivity contribution in [1.29, 1.82) is 0 Å². The van der Waals surface area contributed by atoms with Crippen LogP contribution < -0.4 is 21.9 Å². The van der Waals surface area contributed by atoms with E-state index >= 15 is 0 Å². The van der Waals surface area contributed by atoms with Crippen LogP contribution in [0.15, 0.2) is 57.3 Å². The molecule has 1 aliphatic rings. The van der Waals surface area contributed by atoms with Gasteiger partial charge < -0.3 is 21.9 Å². The molecule has 0 spiro atoms. The van der Waals surface area contributed by atoms with E-state index in [1.807, 2.05) is 0 Å². The van der Waals surface area contributed by atoms with Gasteiger partial charge in [-0.1, -0.05) is 0 Å². The summed E-state index contributed by atoms with van der Waals surface area (Å²) in [4.78, 5) is 12.4. The molecule has 11 heteroatoms. The molecule has 0 aliphatic carbocycles. The third-order valence-corrected chi connectivity index (χ3v) is 5.43. The summed E-state index contributed by atoms with van der Waals surface area (Å²) in [6.45, 7) is 3.52. The highest BCUT2D eigenvalue weighted by atomic mass is 19.4. The Morgan fingerprint density at radius 1 is 1.26 bits per heavy atom. The van der Waals surface area contributed by atoms with Crippen LogP contribution in [0, 0.1) is 5.82 Å². The van der Waals surface area contributed by atoms with Crippen molar-refractivity contribution >= 4 is 23.4 Å². The molecule has 0 saturated carbocycles. The lowest BCUT2D eigenvalue weighted by Gasteiger charge is -2.24. The zero-order valence-electron chi connectivity index (χ0n) is 19.4. The number of hydrogen-bond donors (Lipinski definition) is 3. The molecule has 0 fully saturated rings. The van der Waals surface area contributed by atoms with Crippen LogP contribution in [0.5, 0.6) is 5.75 Å². The van der Waals surface area contributed by atoms with Crippen molar-refractivity contribution in [3.63, 3.8) is 0 Å². The van der Waals surface area contributed by atoms with E-state index in [1.54, 1.807) is 13.8 Å². The summed E-state index contributed by atoms with van der Waals surface area (Å²) in [5.41, 5.74) is 17.7. The number of anilines is 1. The van der Waals surface area contributed by atoms with Crippen molar-refractivity contribution in [2.24, 2.45) is 21.5 Å². The molecule has 3 rings (SSSR count). The number of benzene rings is 1. The van der Waals surface area contributed by atoms with Crippen molar-refractivity contribution in [2.45, 2.75) is 32.5 Å². The number of halogens is 4. The minimum absolute atomic E-state index is 0.00287. The van der Waals surface area contributed by atoms with Gasteiger partial charge in [-0.05, 0) is 43.7 Å². The molecular weight excluding hydrogens is 464 g/mol. The van der Waals surface area contributed by atoms with E-state index in [9.17, 15) is 17.6 Å². The van der Waals surface area contributed by atoms with Gasteiger partial charge in [0, 0.05) is 60.4 Å².